The highest BCUT2D eigenvalue weighted by Gasteiger charge is 2.42. The van der Waals surface area contributed by atoms with Crippen LogP contribution >= 0.6 is 0 Å². The second-order valence-electron chi connectivity index (χ2n) is 8.66. The Balaban J connectivity index is 1.33. The Morgan fingerprint density at radius 2 is 2.14 bits per heavy atom. The third-order valence-electron chi connectivity index (χ3n) is 6.59. The highest BCUT2D eigenvalue weighted by Crippen LogP contribution is 2.36. The van der Waals surface area contributed by atoms with Gasteiger partial charge in [-0.05, 0) is 37.8 Å². The van der Waals surface area contributed by atoms with Gasteiger partial charge in [-0.1, -0.05) is 30.3 Å². The lowest BCUT2D eigenvalue weighted by molar-refractivity contribution is -0.119. The first-order chi connectivity index (χ1) is 13.7. The molecule has 0 bridgehead atoms. The molecule has 0 saturated carbocycles. The quantitative estimate of drug-likeness (QED) is 0.615. The maximum atomic E-state index is 11.8. The van der Waals surface area contributed by atoms with Crippen LogP contribution in [0.1, 0.15) is 37.7 Å². The predicted octanol–water partition coefficient (Wildman–Crippen LogP) is 1.83. The summed E-state index contributed by atoms with van der Waals surface area (Å²) in [5, 5.41) is 6.67. The van der Waals surface area contributed by atoms with Gasteiger partial charge >= 0.3 is 0 Å². The van der Waals surface area contributed by atoms with E-state index in [9.17, 15) is 4.79 Å². The third-order valence-corrected chi connectivity index (χ3v) is 6.59. The van der Waals surface area contributed by atoms with E-state index in [1.807, 2.05) is 7.05 Å². The van der Waals surface area contributed by atoms with Crippen LogP contribution in [0.5, 0.6) is 0 Å². The van der Waals surface area contributed by atoms with Crippen molar-refractivity contribution < 1.29 is 4.79 Å². The summed E-state index contributed by atoms with van der Waals surface area (Å²) >= 11 is 0. The maximum Gasteiger partial charge on any atom is 0.220 e. The summed E-state index contributed by atoms with van der Waals surface area (Å²) in [7, 11) is 1.87. The van der Waals surface area contributed by atoms with Crippen molar-refractivity contribution >= 4 is 11.9 Å². The van der Waals surface area contributed by atoms with Gasteiger partial charge in [0, 0.05) is 57.6 Å². The molecule has 6 nitrogen and oxygen atoms in total. The first kappa shape index (κ1) is 19.2. The number of rotatable bonds is 4. The van der Waals surface area contributed by atoms with Gasteiger partial charge in [-0.25, -0.2) is 0 Å². The van der Waals surface area contributed by atoms with Crippen LogP contribution in [0, 0.1) is 5.41 Å². The zero-order valence-corrected chi connectivity index (χ0v) is 17.0. The Morgan fingerprint density at radius 3 is 2.89 bits per heavy atom. The van der Waals surface area contributed by atoms with Crippen LogP contribution in [-0.2, 0) is 11.3 Å². The highest BCUT2D eigenvalue weighted by molar-refractivity contribution is 5.81. The number of piperidine rings is 1. The molecule has 2 N–H and O–H groups in total. The first-order valence-electron chi connectivity index (χ1n) is 10.7. The van der Waals surface area contributed by atoms with Crippen LogP contribution in [0.25, 0.3) is 0 Å². The summed E-state index contributed by atoms with van der Waals surface area (Å²) < 4.78 is 0. The smallest absolute Gasteiger partial charge is 0.220 e. The van der Waals surface area contributed by atoms with Gasteiger partial charge < -0.3 is 15.5 Å². The maximum absolute atomic E-state index is 11.8. The molecule has 1 aromatic carbocycles. The lowest BCUT2D eigenvalue weighted by atomic mass is 9.79. The Labute approximate surface area is 168 Å². The van der Waals surface area contributed by atoms with Crippen LogP contribution in [0.3, 0.4) is 0 Å². The molecule has 1 amide bonds. The van der Waals surface area contributed by atoms with E-state index in [0.717, 1.165) is 51.5 Å². The van der Waals surface area contributed by atoms with Crippen molar-refractivity contribution in [1.29, 1.82) is 0 Å². The Bertz CT molecular complexity index is 706. The van der Waals surface area contributed by atoms with E-state index < -0.39 is 0 Å². The predicted molar refractivity (Wildman–Crippen MR) is 112 cm³/mol. The van der Waals surface area contributed by atoms with Crippen molar-refractivity contribution in [3.63, 3.8) is 0 Å². The van der Waals surface area contributed by atoms with Gasteiger partial charge in [0.15, 0.2) is 5.96 Å². The number of benzene rings is 1. The summed E-state index contributed by atoms with van der Waals surface area (Å²) in [5.74, 6) is 1.19. The van der Waals surface area contributed by atoms with E-state index in [0.29, 0.717) is 12.5 Å². The van der Waals surface area contributed by atoms with Crippen LogP contribution in [-0.4, -0.2) is 67.5 Å². The lowest BCUT2D eigenvalue weighted by Gasteiger charge is -2.41. The van der Waals surface area contributed by atoms with Crippen molar-refractivity contribution in [3.8, 4) is 0 Å². The van der Waals surface area contributed by atoms with Crippen molar-refractivity contribution in [2.24, 2.45) is 10.4 Å². The average molecular weight is 384 g/mol. The molecule has 28 heavy (non-hydrogen) atoms. The Morgan fingerprint density at radius 1 is 1.29 bits per heavy atom. The van der Waals surface area contributed by atoms with Crippen molar-refractivity contribution in [2.45, 2.75) is 44.7 Å². The normalized spacial score (nSPS) is 28.8. The molecule has 0 radical (unpaired) electrons. The molecule has 2 atom stereocenters. The number of hydrogen-bond acceptors (Lipinski definition) is 3. The van der Waals surface area contributed by atoms with Gasteiger partial charge in [0.05, 0.1) is 0 Å². The SMILES string of the molecule is CN=C(NCC1CCCN1Cc1ccccc1)N1CCCC2(CNC(=O)C2)C1. The second-order valence-corrected chi connectivity index (χ2v) is 8.66. The zero-order chi connectivity index (χ0) is 19.4. The largest absolute Gasteiger partial charge is 0.355 e. The molecule has 3 fully saturated rings. The molecule has 0 aromatic heterocycles. The van der Waals surface area contributed by atoms with E-state index in [4.69, 9.17) is 0 Å². The van der Waals surface area contributed by atoms with Gasteiger partial charge in [-0.15, -0.1) is 0 Å². The number of carbonyl (C=O) groups is 1. The minimum Gasteiger partial charge on any atom is -0.355 e. The number of amides is 1. The fourth-order valence-electron chi connectivity index (χ4n) is 5.12. The Kier molecular flexibility index (Phi) is 5.85. The van der Waals surface area contributed by atoms with Gasteiger partial charge in [-0.3, -0.25) is 14.7 Å². The van der Waals surface area contributed by atoms with E-state index in [1.165, 1.54) is 24.9 Å². The number of nitrogens with zero attached hydrogens (tertiary/aromatic N) is 3. The second kappa shape index (κ2) is 8.52. The van der Waals surface area contributed by atoms with Gasteiger partial charge in [0.1, 0.15) is 0 Å². The zero-order valence-electron chi connectivity index (χ0n) is 17.0. The van der Waals surface area contributed by atoms with Crippen molar-refractivity contribution in [2.75, 3.05) is 39.8 Å². The number of hydrogen-bond donors (Lipinski definition) is 2. The minimum atomic E-state index is 0.0969. The highest BCUT2D eigenvalue weighted by atomic mass is 16.1. The van der Waals surface area contributed by atoms with Crippen molar-refractivity contribution in [1.82, 2.24) is 20.4 Å². The molecule has 2 unspecified atom stereocenters. The standard InChI is InChI=1S/C22H33N5O/c1-23-21(27-12-6-10-22(17-27)13-20(28)25-16-22)24-14-19-9-5-11-26(19)15-18-7-3-2-4-8-18/h2-4,7-8,19H,5-6,9-17H2,1H3,(H,23,24)(H,25,28). The third kappa shape index (κ3) is 4.32. The Hall–Kier alpha value is -2.08. The van der Waals surface area contributed by atoms with E-state index in [-0.39, 0.29) is 11.3 Å². The molecule has 152 valence electrons. The first-order valence-corrected chi connectivity index (χ1v) is 10.7. The van der Waals surface area contributed by atoms with Crippen LogP contribution in [0.15, 0.2) is 35.3 Å². The van der Waals surface area contributed by atoms with Gasteiger partial charge in [0.2, 0.25) is 5.91 Å². The van der Waals surface area contributed by atoms with Crippen LogP contribution in [0.2, 0.25) is 0 Å². The molecular formula is C22H33N5O. The lowest BCUT2D eigenvalue weighted by Crippen LogP contribution is -2.53. The van der Waals surface area contributed by atoms with E-state index in [1.54, 1.807) is 0 Å². The molecule has 3 heterocycles. The monoisotopic (exact) mass is 383 g/mol. The number of aliphatic imine (C=N–C) groups is 1. The number of carbonyl (C=O) groups excluding carboxylic acids is 1. The molecule has 0 aliphatic carbocycles. The number of guanidine groups is 1. The number of nitrogens with one attached hydrogen (secondary N) is 2. The molecule has 1 spiro atoms. The van der Waals surface area contributed by atoms with Gasteiger partial charge in [-0.2, -0.15) is 0 Å². The molecule has 6 heteroatoms. The fraction of sp³-hybridized carbons (Fsp3) is 0.636. The molecule has 4 rings (SSSR count). The van der Waals surface area contributed by atoms with E-state index in [2.05, 4.69) is 55.8 Å². The summed E-state index contributed by atoms with van der Waals surface area (Å²) in [5.41, 5.74) is 1.48. The summed E-state index contributed by atoms with van der Waals surface area (Å²) in [6, 6.07) is 11.3. The van der Waals surface area contributed by atoms with Gasteiger partial charge in [0.25, 0.3) is 0 Å². The summed E-state index contributed by atoms with van der Waals surface area (Å²) in [6.45, 7) is 5.87. The average Bonchev–Trinajstić information content (AvgIpc) is 3.30. The van der Waals surface area contributed by atoms with Crippen LogP contribution < -0.4 is 10.6 Å². The van der Waals surface area contributed by atoms with E-state index >= 15 is 0 Å². The fourth-order valence-corrected chi connectivity index (χ4v) is 5.12. The summed E-state index contributed by atoms with van der Waals surface area (Å²) in [4.78, 5) is 21.3. The molecule has 3 saturated heterocycles. The van der Waals surface area contributed by atoms with Crippen molar-refractivity contribution in [3.05, 3.63) is 35.9 Å². The molecule has 3 aliphatic rings. The topological polar surface area (TPSA) is 60.0 Å². The molecular weight excluding hydrogens is 350 g/mol. The van der Waals surface area contributed by atoms with Crippen LogP contribution in [0.4, 0.5) is 0 Å². The molecule has 3 aliphatic heterocycles. The summed E-state index contributed by atoms with van der Waals surface area (Å²) in [6.07, 6.45) is 5.41. The number of likely N-dealkylation sites (tertiary alicyclic amines) is 2. The molecule has 1 aromatic rings. The minimum absolute atomic E-state index is 0.0969.